The van der Waals surface area contributed by atoms with Crippen molar-refractivity contribution in [1.82, 2.24) is 9.80 Å². The number of halogens is 1. The maximum atomic E-state index is 13.0. The average Bonchev–Trinajstić information content (AvgIpc) is 2.41. The number of anilines is 1. The van der Waals surface area contributed by atoms with Crippen molar-refractivity contribution in [3.8, 4) is 0 Å². The molecule has 0 atom stereocenters. The number of nitrogens with one attached hydrogen (secondary N) is 1. The van der Waals surface area contributed by atoms with E-state index >= 15 is 0 Å². The van der Waals surface area contributed by atoms with E-state index in [-0.39, 0.29) is 11.7 Å². The number of carbonyl (C=O) groups is 1. The third kappa shape index (κ3) is 4.90. The molecule has 1 amide bonds. The Bertz CT molecular complexity index is 444. The van der Waals surface area contributed by atoms with E-state index in [9.17, 15) is 9.18 Å². The smallest absolute Gasteiger partial charge is 0.224 e. The fraction of sp³-hybridized carbons (Fsp3) is 0.533. The quantitative estimate of drug-likeness (QED) is 0.892. The Kier molecular flexibility index (Phi) is 5.49. The summed E-state index contributed by atoms with van der Waals surface area (Å²) in [6, 6.07) is 5.98. The predicted molar refractivity (Wildman–Crippen MR) is 78.2 cm³/mol. The average molecular weight is 279 g/mol. The summed E-state index contributed by atoms with van der Waals surface area (Å²) in [6.45, 7) is 5.28. The van der Waals surface area contributed by atoms with Gasteiger partial charge in [-0.05, 0) is 38.2 Å². The van der Waals surface area contributed by atoms with Crippen molar-refractivity contribution in [3.63, 3.8) is 0 Å². The number of amides is 1. The van der Waals surface area contributed by atoms with Crippen LogP contribution < -0.4 is 5.32 Å². The molecule has 0 bridgehead atoms. The van der Waals surface area contributed by atoms with Crippen molar-refractivity contribution in [2.75, 3.05) is 45.1 Å². The minimum atomic E-state index is -0.333. The molecule has 0 aromatic heterocycles. The van der Waals surface area contributed by atoms with Crippen LogP contribution in [-0.2, 0) is 4.79 Å². The standard InChI is InChI=1S/C15H22FN3O/c1-18-8-10-19(11-9-18)7-3-6-15(20)17-14-5-2-4-13(16)12-14/h2,4-5,12H,3,6-11H2,1H3,(H,17,20). The van der Waals surface area contributed by atoms with Crippen molar-refractivity contribution >= 4 is 11.6 Å². The maximum Gasteiger partial charge on any atom is 0.224 e. The molecule has 0 aliphatic carbocycles. The number of carbonyl (C=O) groups excluding carboxylic acids is 1. The number of rotatable bonds is 5. The predicted octanol–water partition coefficient (Wildman–Crippen LogP) is 1.79. The van der Waals surface area contributed by atoms with E-state index in [1.54, 1.807) is 12.1 Å². The van der Waals surface area contributed by atoms with Crippen LogP contribution in [0.15, 0.2) is 24.3 Å². The Balaban J connectivity index is 1.65. The van der Waals surface area contributed by atoms with E-state index in [0.29, 0.717) is 12.1 Å². The zero-order valence-corrected chi connectivity index (χ0v) is 11.9. The molecule has 1 heterocycles. The van der Waals surface area contributed by atoms with E-state index in [1.165, 1.54) is 12.1 Å². The highest BCUT2D eigenvalue weighted by molar-refractivity contribution is 5.90. The van der Waals surface area contributed by atoms with Crippen molar-refractivity contribution in [2.24, 2.45) is 0 Å². The molecule has 1 aromatic carbocycles. The van der Waals surface area contributed by atoms with Crippen LogP contribution >= 0.6 is 0 Å². The van der Waals surface area contributed by atoms with Crippen molar-refractivity contribution in [3.05, 3.63) is 30.1 Å². The summed E-state index contributed by atoms with van der Waals surface area (Å²) >= 11 is 0. The van der Waals surface area contributed by atoms with Crippen LogP contribution in [-0.4, -0.2) is 55.5 Å². The van der Waals surface area contributed by atoms with Gasteiger partial charge in [-0.15, -0.1) is 0 Å². The van der Waals surface area contributed by atoms with Gasteiger partial charge in [-0.3, -0.25) is 4.79 Å². The number of hydrogen-bond acceptors (Lipinski definition) is 3. The molecule has 0 unspecified atom stereocenters. The molecule has 4 nitrogen and oxygen atoms in total. The van der Waals surface area contributed by atoms with Gasteiger partial charge in [0.1, 0.15) is 5.82 Å². The number of likely N-dealkylation sites (N-methyl/N-ethyl adjacent to an activating group) is 1. The van der Waals surface area contributed by atoms with Crippen LogP contribution in [0.4, 0.5) is 10.1 Å². The molecule has 0 spiro atoms. The molecule has 1 saturated heterocycles. The van der Waals surface area contributed by atoms with Gasteiger partial charge in [-0.2, -0.15) is 0 Å². The fourth-order valence-electron chi connectivity index (χ4n) is 2.32. The van der Waals surface area contributed by atoms with Gasteiger partial charge >= 0.3 is 0 Å². The first-order chi connectivity index (χ1) is 9.63. The lowest BCUT2D eigenvalue weighted by molar-refractivity contribution is -0.116. The molecule has 0 saturated carbocycles. The topological polar surface area (TPSA) is 35.6 Å². The lowest BCUT2D eigenvalue weighted by Gasteiger charge is -2.32. The van der Waals surface area contributed by atoms with E-state index in [0.717, 1.165) is 39.1 Å². The minimum Gasteiger partial charge on any atom is -0.326 e. The van der Waals surface area contributed by atoms with Crippen LogP contribution in [0.2, 0.25) is 0 Å². The fourth-order valence-corrected chi connectivity index (χ4v) is 2.32. The molecular weight excluding hydrogens is 257 g/mol. The largest absolute Gasteiger partial charge is 0.326 e. The molecular formula is C15H22FN3O. The summed E-state index contributed by atoms with van der Waals surface area (Å²) in [6.07, 6.45) is 1.31. The van der Waals surface area contributed by atoms with Crippen molar-refractivity contribution < 1.29 is 9.18 Å². The Hall–Kier alpha value is -1.46. The number of nitrogens with zero attached hydrogens (tertiary/aromatic N) is 2. The molecule has 2 rings (SSSR count). The molecule has 1 aromatic rings. The van der Waals surface area contributed by atoms with Crippen molar-refractivity contribution in [2.45, 2.75) is 12.8 Å². The highest BCUT2D eigenvalue weighted by Gasteiger charge is 2.13. The number of piperazine rings is 1. The van der Waals surface area contributed by atoms with Gasteiger partial charge in [0.05, 0.1) is 0 Å². The first-order valence-electron chi connectivity index (χ1n) is 7.10. The summed E-state index contributed by atoms with van der Waals surface area (Å²) in [5.41, 5.74) is 0.523. The molecule has 1 aliphatic rings. The second-order valence-electron chi connectivity index (χ2n) is 5.31. The molecule has 1 aliphatic heterocycles. The normalized spacial score (nSPS) is 17.1. The lowest BCUT2D eigenvalue weighted by Crippen LogP contribution is -2.44. The highest BCUT2D eigenvalue weighted by Crippen LogP contribution is 2.10. The van der Waals surface area contributed by atoms with Crippen LogP contribution in [0, 0.1) is 5.82 Å². The van der Waals surface area contributed by atoms with Gasteiger partial charge in [-0.1, -0.05) is 6.07 Å². The second kappa shape index (κ2) is 7.36. The highest BCUT2D eigenvalue weighted by atomic mass is 19.1. The van der Waals surface area contributed by atoms with Gasteiger partial charge < -0.3 is 15.1 Å². The number of benzene rings is 1. The van der Waals surface area contributed by atoms with E-state index in [2.05, 4.69) is 22.2 Å². The first kappa shape index (κ1) is 14.9. The van der Waals surface area contributed by atoms with Crippen molar-refractivity contribution in [1.29, 1.82) is 0 Å². The molecule has 1 N–H and O–H groups in total. The molecule has 1 fully saturated rings. The Morgan fingerprint density at radius 2 is 2.05 bits per heavy atom. The van der Waals surface area contributed by atoms with Crippen LogP contribution in [0.3, 0.4) is 0 Å². The van der Waals surface area contributed by atoms with Gasteiger partial charge in [0.25, 0.3) is 0 Å². The molecule has 20 heavy (non-hydrogen) atoms. The Morgan fingerprint density at radius 3 is 2.75 bits per heavy atom. The molecule has 5 heteroatoms. The van der Waals surface area contributed by atoms with Crippen LogP contribution in [0.25, 0.3) is 0 Å². The van der Waals surface area contributed by atoms with E-state index in [1.807, 2.05) is 0 Å². The van der Waals surface area contributed by atoms with Crippen LogP contribution in [0.5, 0.6) is 0 Å². The first-order valence-corrected chi connectivity index (χ1v) is 7.10. The molecule has 0 radical (unpaired) electrons. The monoisotopic (exact) mass is 279 g/mol. The third-order valence-corrected chi connectivity index (χ3v) is 3.58. The summed E-state index contributed by atoms with van der Waals surface area (Å²) in [7, 11) is 2.13. The van der Waals surface area contributed by atoms with Gasteiger partial charge in [-0.25, -0.2) is 4.39 Å². The summed E-state index contributed by atoms with van der Waals surface area (Å²) in [5.74, 6) is -0.384. The zero-order valence-electron chi connectivity index (χ0n) is 11.9. The summed E-state index contributed by atoms with van der Waals surface area (Å²) in [4.78, 5) is 16.5. The summed E-state index contributed by atoms with van der Waals surface area (Å²) in [5, 5.41) is 2.72. The SMILES string of the molecule is CN1CCN(CCCC(=O)Nc2cccc(F)c2)CC1. The van der Waals surface area contributed by atoms with E-state index < -0.39 is 0 Å². The maximum absolute atomic E-state index is 13.0. The Morgan fingerprint density at radius 1 is 1.30 bits per heavy atom. The zero-order chi connectivity index (χ0) is 14.4. The molecule has 110 valence electrons. The van der Waals surface area contributed by atoms with Gasteiger partial charge in [0, 0.05) is 38.3 Å². The Labute approximate surface area is 119 Å². The van der Waals surface area contributed by atoms with Gasteiger partial charge in [0.15, 0.2) is 0 Å². The number of hydrogen-bond donors (Lipinski definition) is 1. The minimum absolute atomic E-state index is 0.0512. The van der Waals surface area contributed by atoms with E-state index in [4.69, 9.17) is 0 Å². The van der Waals surface area contributed by atoms with Gasteiger partial charge in [0.2, 0.25) is 5.91 Å². The third-order valence-electron chi connectivity index (χ3n) is 3.58. The summed E-state index contributed by atoms with van der Waals surface area (Å²) < 4.78 is 13.0. The second-order valence-corrected chi connectivity index (χ2v) is 5.31. The lowest BCUT2D eigenvalue weighted by atomic mass is 10.2. The van der Waals surface area contributed by atoms with Crippen LogP contribution in [0.1, 0.15) is 12.8 Å².